The van der Waals surface area contributed by atoms with Crippen molar-refractivity contribution in [2.45, 2.75) is 32.9 Å². The number of allylic oxidation sites excluding steroid dienone is 4. The van der Waals surface area contributed by atoms with E-state index in [0.29, 0.717) is 0 Å². The third-order valence-electron chi connectivity index (χ3n) is 1.95. The summed E-state index contributed by atoms with van der Waals surface area (Å²) in [5.74, 6) is 0. The third kappa shape index (κ3) is 2.61. The van der Waals surface area contributed by atoms with Crippen molar-refractivity contribution < 1.29 is 16.5 Å². The summed E-state index contributed by atoms with van der Waals surface area (Å²) in [6.07, 6.45) is 8.04. The number of hydrogen-bond donors (Lipinski definition) is 0. The van der Waals surface area contributed by atoms with Crippen molar-refractivity contribution in [2.24, 2.45) is 0 Å². The van der Waals surface area contributed by atoms with Crippen molar-refractivity contribution in [1.82, 2.24) is 0 Å². The van der Waals surface area contributed by atoms with Gasteiger partial charge in [0.2, 0.25) is 0 Å². The minimum atomic E-state index is -0.561. The zero-order valence-corrected chi connectivity index (χ0v) is 9.53. The van der Waals surface area contributed by atoms with Gasteiger partial charge >= 0.3 is 0 Å². The van der Waals surface area contributed by atoms with Gasteiger partial charge in [-0.05, 0) is 0 Å². The first-order valence-electron chi connectivity index (χ1n) is 4.05. The van der Waals surface area contributed by atoms with Crippen molar-refractivity contribution in [3.8, 4) is 0 Å². The predicted molar refractivity (Wildman–Crippen MR) is 48.6 cm³/mol. The molecule has 0 saturated heterocycles. The first-order valence-corrected chi connectivity index (χ1v) is 6.94. The molecule has 0 nitrogen and oxygen atoms in total. The summed E-state index contributed by atoms with van der Waals surface area (Å²) < 4.78 is 0. The van der Waals surface area contributed by atoms with E-state index in [-0.39, 0.29) is 16.5 Å². The van der Waals surface area contributed by atoms with E-state index >= 15 is 0 Å². The van der Waals surface area contributed by atoms with Crippen molar-refractivity contribution >= 4 is 8.80 Å². The summed E-state index contributed by atoms with van der Waals surface area (Å²) in [5, 5.41) is 1.59. The van der Waals surface area contributed by atoms with Gasteiger partial charge < -0.3 is 0 Å². The fraction of sp³-hybridized carbons (Fsp3) is 0.556. The monoisotopic (exact) mass is 209 g/mol. The molecule has 11 heavy (non-hydrogen) atoms. The smallest absolute Gasteiger partial charge is 0.0259 e. The molecule has 2 heteroatoms. The molecule has 0 fully saturated rings. The van der Waals surface area contributed by atoms with E-state index in [1.165, 1.54) is 6.42 Å². The van der Waals surface area contributed by atoms with E-state index in [9.17, 15) is 0 Å². The second kappa shape index (κ2) is 4.95. The van der Waals surface area contributed by atoms with E-state index in [1.54, 1.807) is 10.8 Å². The SMILES string of the molecule is CCC1=CC[C-]=C1[SiH](C)C.[Ni]. The Hall–Kier alpha value is 0.190. The molecule has 0 radical (unpaired) electrons. The van der Waals surface area contributed by atoms with Gasteiger partial charge in [-0.25, -0.2) is 10.8 Å². The van der Waals surface area contributed by atoms with Crippen molar-refractivity contribution in [3.63, 3.8) is 0 Å². The second-order valence-electron chi connectivity index (χ2n) is 3.03. The Bertz CT molecular complexity index is 180. The second-order valence-corrected chi connectivity index (χ2v) is 5.92. The molecule has 0 aromatic carbocycles. The van der Waals surface area contributed by atoms with Crippen LogP contribution in [0.15, 0.2) is 16.8 Å². The van der Waals surface area contributed by atoms with Gasteiger partial charge in [0.25, 0.3) is 0 Å². The molecule has 0 bridgehead atoms. The first-order chi connectivity index (χ1) is 4.75. The van der Waals surface area contributed by atoms with Gasteiger partial charge in [-0.15, -0.1) is 6.42 Å². The van der Waals surface area contributed by atoms with E-state index < -0.39 is 8.80 Å². The maximum absolute atomic E-state index is 3.44. The standard InChI is InChI=1S/C9H15Si.Ni/c1-4-8-6-5-7-9(8)10(2)3;/h6,10H,4-5H2,1-3H3;/q-1;. The van der Waals surface area contributed by atoms with Gasteiger partial charge in [-0.1, -0.05) is 26.4 Å². The average molecular weight is 210 g/mol. The van der Waals surface area contributed by atoms with Gasteiger partial charge in [-0.2, -0.15) is 6.08 Å². The quantitative estimate of drug-likeness (QED) is 0.485. The van der Waals surface area contributed by atoms with Crippen molar-refractivity contribution in [3.05, 3.63) is 22.9 Å². The van der Waals surface area contributed by atoms with Crippen LogP contribution in [0.3, 0.4) is 0 Å². The van der Waals surface area contributed by atoms with E-state index in [0.717, 1.165) is 6.42 Å². The van der Waals surface area contributed by atoms with Crippen LogP contribution in [0.1, 0.15) is 19.8 Å². The molecule has 0 aromatic rings. The third-order valence-corrected chi connectivity index (χ3v) is 3.67. The summed E-state index contributed by atoms with van der Waals surface area (Å²) in [5.41, 5.74) is 1.57. The summed E-state index contributed by atoms with van der Waals surface area (Å²) >= 11 is 0. The Balaban J connectivity index is 0.000001000. The van der Waals surface area contributed by atoms with Crippen LogP contribution in [0, 0.1) is 6.08 Å². The van der Waals surface area contributed by atoms with Gasteiger partial charge in [0.15, 0.2) is 0 Å². The van der Waals surface area contributed by atoms with Crippen LogP contribution in [0.25, 0.3) is 0 Å². The molecular formula is C9H15NiSi-. The van der Waals surface area contributed by atoms with Crippen molar-refractivity contribution in [2.75, 3.05) is 0 Å². The Morgan fingerprint density at radius 1 is 1.55 bits per heavy atom. The normalized spacial score (nSPS) is 16.0. The minimum absolute atomic E-state index is 0. The Labute approximate surface area is 81.3 Å². The van der Waals surface area contributed by atoms with Crippen LogP contribution in [-0.2, 0) is 16.5 Å². The van der Waals surface area contributed by atoms with Crippen LogP contribution in [0.2, 0.25) is 13.1 Å². The minimum Gasteiger partial charge on any atom is -0.274 e. The number of hydrogen-bond acceptors (Lipinski definition) is 0. The maximum atomic E-state index is 3.44. The molecule has 1 rings (SSSR count). The number of rotatable bonds is 2. The molecule has 0 heterocycles. The molecule has 1 aliphatic carbocycles. The Morgan fingerprint density at radius 2 is 2.18 bits per heavy atom. The van der Waals surface area contributed by atoms with Gasteiger partial charge in [0.1, 0.15) is 0 Å². The van der Waals surface area contributed by atoms with Crippen LogP contribution >= 0.6 is 0 Å². The van der Waals surface area contributed by atoms with E-state index in [4.69, 9.17) is 0 Å². The van der Waals surface area contributed by atoms with Crippen molar-refractivity contribution in [1.29, 1.82) is 0 Å². The summed E-state index contributed by atoms with van der Waals surface area (Å²) in [6.45, 7) is 6.98. The van der Waals surface area contributed by atoms with Crippen LogP contribution in [0.4, 0.5) is 0 Å². The first kappa shape index (κ1) is 11.2. The molecule has 0 amide bonds. The maximum Gasteiger partial charge on any atom is 0.0259 e. The Kier molecular flexibility index (Phi) is 5.03. The zero-order valence-electron chi connectivity index (χ0n) is 7.39. The van der Waals surface area contributed by atoms with Crippen LogP contribution < -0.4 is 0 Å². The summed E-state index contributed by atoms with van der Waals surface area (Å²) in [7, 11) is -0.561. The molecule has 0 unspecified atom stereocenters. The molecule has 0 aliphatic heterocycles. The molecule has 0 spiro atoms. The fourth-order valence-electron chi connectivity index (χ4n) is 1.42. The average Bonchev–Trinajstić information content (AvgIpc) is 2.33. The van der Waals surface area contributed by atoms with Gasteiger partial charge in [-0.3, -0.25) is 6.08 Å². The molecule has 0 aromatic heterocycles. The summed E-state index contributed by atoms with van der Waals surface area (Å²) in [4.78, 5) is 0. The zero-order chi connectivity index (χ0) is 7.56. The van der Waals surface area contributed by atoms with Crippen LogP contribution in [-0.4, -0.2) is 8.80 Å². The largest absolute Gasteiger partial charge is 0.274 e. The fourth-order valence-corrected chi connectivity index (χ4v) is 3.01. The molecule has 1 aliphatic rings. The molecule has 66 valence electrons. The molecular weight excluding hydrogens is 195 g/mol. The van der Waals surface area contributed by atoms with E-state index in [1.807, 2.05) is 0 Å². The summed E-state index contributed by atoms with van der Waals surface area (Å²) in [6, 6.07) is 0. The van der Waals surface area contributed by atoms with Gasteiger partial charge in [0, 0.05) is 25.3 Å². The topological polar surface area (TPSA) is 0 Å². The molecule has 0 atom stereocenters. The predicted octanol–water partition coefficient (Wildman–Crippen LogP) is 2.48. The van der Waals surface area contributed by atoms with E-state index in [2.05, 4.69) is 32.2 Å². The molecule has 0 saturated carbocycles. The van der Waals surface area contributed by atoms with Gasteiger partial charge in [0.05, 0.1) is 0 Å². The molecule has 0 N–H and O–H groups in total. The Morgan fingerprint density at radius 3 is 2.55 bits per heavy atom. The van der Waals surface area contributed by atoms with Crippen LogP contribution in [0.5, 0.6) is 0 Å².